The van der Waals surface area contributed by atoms with Gasteiger partial charge < -0.3 is 19.3 Å². The average molecular weight is 246 g/mol. The van der Waals surface area contributed by atoms with Crippen molar-refractivity contribution in [2.75, 3.05) is 6.61 Å². The van der Waals surface area contributed by atoms with Gasteiger partial charge in [-0.2, -0.15) is 0 Å². The smallest absolute Gasteiger partial charge is 0.450 e. The molecule has 1 rings (SSSR count). The Kier molecular flexibility index (Phi) is 3.54. The van der Waals surface area contributed by atoms with Gasteiger partial charge in [0.2, 0.25) is 0 Å². The van der Waals surface area contributed by atoms with E-state index in [9.17, 15) is 9.59 Å². The van der Waals surface area contributed by atoms with Gasteiger partial charge in [-0.05, 0) is 20.3 Å². The molecule has 0 aromatic rings. The number of hydrogen-bond donors (Lipinski definition) is 1. The van der Waals surface area contributed by atoms with Gasteiger partial charge >= 0.3 is 12.3 Å². The Morgan fingerprint density at radius 3 is 2.47 bits per heavy atom. The summed E-state index contributed by atoms with van der Waals surface area (Å²) in [7, 11) is 0. The summed E-state index contributed by atoms with van der Waals surface area (Å²) in [6.07, 6.45) is -1.95. The third-order valence-electron chi connectivity index (χ3n) is 2.71. The summed E-state index contributed by atoms with van der Waals surface area (Å²) in [6.45, 7) is 7.31. The lowest BCUT2D eigenvalue weighted by Gasteiger charge is -2.35. The number of ether oxygens (including phenoxy) is 3. The van der Waals surface area contributed by atoms with Crippen LogP contribution in [0, 0.1) is 5.41 Å². The molecule has 0 saturated carbocycles. The molecule has 1 fully saturated rings. The lowest BCUT2D eigenvalue weighted by atomic mass is 9.77. The lowest BCUT2D eigenvalue weighted by Crippen LogP contribution is -2.40. The number of carbonyl (C=O) groups excluding carboxylic acids is 1. The highest BCUT2D eigenvalue weighted by Gasteiger charge is 2.43. The summed E-state index contributed by atoms with van der Waals surface area (Å²) in [4.78, 5) is 21.4. The molecule has 1 atom stereocenters. The van der Waals surface area contributed by atoms with Gasteiger partial charge in [0.25, 0.3) is 0 Å². The zero-order chi connectivity index (χ0) is 13.3. The van der Waals surface area contributed by atoms with Gasteiger partial charge in [-0.1, -0.05) is 13.8 Å². The van der Waals surface area contributed by atoms with Gasteiger partial charge in [0.15, 0.2) is 0 Å². The van der Waals surface area contributed by atoms with Crippen LogP contribution in [0.4, 0.5) is 9.59 Å². The molecule has 0 bridgehead atoms. The molecule has 0 amide bonds. The van der Waals surface area contributed by atoms with Crippen LogP contribution in [0.2, 0.25) is 0 Å². The first-order valence-corrected chi connectivity index (χ1v) is 5.38. The van der Waals surface area contributed by atoms with Crippen molar-refractivity contribution in [1.82, 2.24) is 0 Å². The van der Waals surface area contributed by atoms with Crippen LogP contribution in [0.25, 0.3) is 0 Å². The highest BCUT2D eigenvalue weighted by molar-refractivity contribution is 5.62. The number of carbonyl (C=O) groups is 2. The SMILES string of the molecule is CC(C)(CC(C)(C)C1COC(=O)O1)OC(=O)O. The maximum Gasteiger partial charge on any atom is 0.508 e. The fourth-order valence-corrected chi connectivity index (χ4v) is 2.20. The van der Waals surface area contributed by atoms with Crippen molar-refractivity contribution >= 4 is 12.3 Å². The Bertz CT molecular complexity index is 320. The van der Waals surface area contributed by atoms with Crippen molar-refractivity contribution in [2.24, 2.45) is 5.41 Å². The fourth-order valence-electron chi connectivity index (χ4n) is 2.20. The van der Waals surface area contributed by atoms with Crippen molar-refractivity contribution < 1.29 is 28.9 Å². The van der Waals surface area contributed by atoms with Crippen LogP contribution >= 0.6 is 0 Å². The van der Waals surface area contributed by atoms with Crippen LogP contribution in [0.5, 0.6) is 0 Å². The van der Waals surface area contributed by atoms with Crippen LogP contribution in [-0.4, -0.2) is 35.7 Å². The van der Waals surface area contributed by atoms with Crippen LogP contribution < -0.4 is 0 Å². The third-order valence-corrected chi connectivity index (χ3v) is 2.71. The first kappa shape index (κ1) is 13.6. The van der Waals surface area contributed by atoms with E-state index in [1.54, 1.807) is 13.8 Å². The maximum atomic E-state index is 10.9. The van der Waals surface area contributed by atoms with E-state index in [4.69, 9.17) is 19.3 Å². The molecule has 6 nitrogen and oxygen atoms in total. The number of carboxylic acid groups (broad SMARTS) is 1. The van der Waals surface area contributed by atoms with Crippen LogP contribution in [0.15, 0.2) is 0 Å². The van der Waals surface area contributed by atoms with Crippen molar-refractivity contribution in [3.63, 3.8) is 0 Å². The molecule has 1 heterocycles. The van der Waals surface area contributed by atoms with E-state index >= 15 is 0 Å². The molecule has 1 aliphatic heterocycles. The van der Waals surface area contributed by atoms with Crippen molar-refractivity contribution in [3.05, 3.63) is 0 Å². The topological polar surface area (TPSA) is 82.1 Å². The van der Waals surface area contributed by atoms with Gasteiger partial charge in [0.1, 0.15) is 18.3 Å². The van der Waals surface area contributed by atoms with Crippen LogP contribution in [0.1, 0.15) is 34.1 Å². The monoisotopic (exact) mass is 246 g/mol. The quantitative estimate of drug-likeness (QED) is 0.767. The molecule has 0 aromatic carbocycles. The number of rotatable bonds is 4. The largest absolute Gasteiger partial charge is 0.508 e. The second-order valence-electron chi connectivity index (χ2n) is 5.46. The van der Waals surface area contributed by atoms with Gasteiger partial charge in [0.05, 0.1) is 0 Å². The second-order valence-corrected chi connectivity index (χ2v) is 5.46. The molecule has 1 saturated heterocycles. The molecule has 0 radical (unpaired) electrons. The Morgan fingerprint density at radius 1 is 1.47 bits per heavy atom. The van der Waals surface area contributed by atoms with Gasteiger partial charge in [-0.15, -0.1) is 0 Å². The Labute approximate surface area is 99.8 Å². The first-order valence-electron chi connectivity index (χ1n) is 5.38. The molecule has 1 aliphatic rings. The standard InChI is InChI=1S/C11H18O6/c1-10(2,7-5-15-9(14)16-7)6-11(3,4)17-8(12)13/h7H,5-6H2,1-4H3,(H,12,13). The minimum atomic E-state index is -1.31. The normalized spacial score (nSPS) is 20.7. The molecule has 0 spiro atoms. The molecule has 1 unspecified atom stereocenters. The van der Waals surface area contributed by atoms with Gasteiger partial charge in [-0.25, -0.2) is 9.59 Å². The highest BCUT2D eigenvalue weighted by Crippen LogP contribution is 2.36. The fraction of sp³-hybridized carbons (Fsp3) is 0.818. The molecule has 6 heteroatoms. The summed E-state index contributed by atoms with van der Waals surface area (Å²) >= 11 is 0. The number of cyclic esters (lactones) is 2. The first-order chi connectivity index (χ1) is 7.62. The van der Waals surface area contributed by atoms with Crippen molar-refractivity contribution in [2.45, 2.75) is 45.8 Å². The minimum absolute atomic E-state index is 0.189. The molecule has 1 N–H and O–H groups in total. The third kappa shape index (κ3) is 3.80. The van der Waals surface area contributed by atoms with E-state index in [0.717, 1.165) is 0 Å². The summed E-state index contributed by atoms with van der Waals surface area (Å²) in [6, 6.07) is 0. The zero-order valence-electron chi connectivity index (χ0n) is 10.5. The van der Waals surface area contributed by atoms with Crippen molar-refractivity contribution in [3.8, 4) is 0 Å². The molecule has 98 valence electrons. The summed E-state index contributed by atoms with van der Waals surface area (Å²) in [5.41, 5.74) is -1.27. The van der Waals surface area contributed by atoms with E-state index < -0.39 is 23.3 Å². The van der Waals surface area contributed by atoms with Gasteiger partial charge in [0, 0.05) is 5.41 Å². The Morgan fingerprint density at radius 2 is 2.06 bits per heavy atom. The predicted molar refractivity (Wildman–Crippen MR) is 57.8 cm³/mol. The highest BCUT2D eigenvalue weighted by atomic mass is 16.8. The van der Waals surface area contributed by atoms with E-state index in [-0.39, 0.29) is 12.7 Å². The number of hydrogen-bond acceptors (Lipinski definition) is 5. The molecular formula is C11H18O6. The van der Waals surface area contributed by atoms with Gasteiger partial charge in [-0.3, -0.25) is 0 Å². The minimum Gasteiger partial charge on any atom is -0.450 e. The molecular weight excluding hydrogens is 228 g/mol. The zero-order valence-corrected chi connectivity index (χ0v) is 10.5. The Balaban J connectivity index is 2.65. The summed E-state index contributed by atoms with van der Waals surface area (Å²) in [5.74, 6) is 0. The van der Waals surface area contributed by atoms with E-state index in [1.165, 1.54) is 0 Å². The van der Waals surface area contributed by atoms with Crippen LogP contribution in [0.3, 0.4) is 0 Å². The van der Waals surface area contributed by atoms with Crippen molar-refractivity contribution in [1.29, 1.82) is 0 Å². The summed E-state index contributed by atoms with van der Waals surface area (Å²) in [5, 5.41) is 8.62. The second kappa shape index (κ2) is 4.43. The molecule has 0 aromatic heterocycles. The predicted octanol–water partition coefficient (Wildman–Crippen LogP) is 2.41. The van der Waals surface area contributed by atoms with E-state index in [1.807, 2.05) is 13.8 Å². The van der Waals surface area contributed by atoms with E-state index in [0.29, 0.717) is 6.42 Å². The molecule has 17 heavy (non-hydrogen) atoms. The summed E-state index contributed by atoms with van der Waals surface area (Å²) < 4.78 is 14.5. The molecule has 0 aliphatic carbocycles. The maximum absolute atomic E-state index is 10.9. The van der Waals surface area contributed by atoms with E-state index in [2.05, 4.69) is 0 Å². The van der Waals surface area contributed by atoms with Crippen LogP contribution in [-0.2, 0) is 14.2 Å². The Hall–Kier alpha value is -1.46. The average Bonchev–Trinajstić information content (AvgIpc) is 2.46. The lowest BCUT2D eigenvalue weighted by molar-refractivity contribution is -0.0447.